The number of hydrogen-bond donors (Lipinski definition) is 0. The summed E-state index contributed by atoms with van der Waals surface area (Å²) >= 11 is 0. The Bertz CT molecular complexity index is 776. The van der Waals surface area contributed by atoms with Crippen molar-refractivity contribution in [2.45, 2.75) is 44.4 Å². The lowest BCUT2D eigenvalue weighted by atomic mass is 9.85. The van der Waals surface area contributed by atoms with E-state index in [1.165, 1.54) is 12.1 Å². The molecule has 0 N–H and O–H groups in total. The number of hydrogen-bond acceptors (Lipinski definition) is 4. The lowest BCUT2D eigenvalue weighted by molar-refractivity contribution is -0.386. The summed E-state index contributed by atoms with van der Waals surface area (Å²) in [5, 5.41) is 22.5. The molecule has 0 amide bonds. The summed E-state index contributed by atoms with van der Waals surface area (Å²) in [5.41, 5.74) is 1.55. The minimum absolute atomic E-state index is 0.0358. The monoisotopic (exact) mass is 355 g/mol. The van der Waals surface area contributed by atoms with Gasteiger partial charge in [-0.2, -0.15) is 0 Å². The number of nitro benzene ring substituents is 2. The van der Waals surface area contributed by atoms with Crippen molar-refractivity contribution in [2.75, 3.05) is 0 Å². The largest absolute Gasteiger partial charge is 0.272 e. The molecule has 26 heavy (non-hydrogen) atoms. The van der Waals surface area contributed by atoms with E-state index in [4.69, 9.17) is 0 Å². The predicted octanol–water partition coefficient (Wildman–Crippen LogP) is 5.78. The van der Waals surface area contributed by atoms with Crippen molar-refractivity contribution in [1.29, 1.82) is 0 Å². The maximum atomic E-state index is 11.3. The van der Waals surface area contributed by atoms with Gasteiger partial charge in [0.25, 0.3) is 11.4 Å². The van der Waals surface area contributed by atoms with Crippen LogP contribution in [0.5, 0.6) is 0 Å². The van der Waals surface area contributed by atoms with Crippen LogP contribution < -0.4 is 0 Å². The first-order chi connectivity index (χ1) is 12.5. The molecule has 0 aliphatic heterocycles. The zero-order chi connectivity index (χ0) is 19.1. The molecular weight excluding hydrogens is 332 g/mol. The first-order valence-electron chi connectivity index (χ1n) is 8.75. The molecule has 137 valence electrons. The van der Waals surface area contributed by atoms with Crippen molar-refractivity contribution in [3.63, 3.8) is 0 Å². The molecule has 0 saturated heterocycles. The molecule has 6 nitrogen and oxygen atoms in total. The molecule has 2 aromatic carbocycles. The highest BCUT2D eigenvalue weighted by atomic mass is 16.6. The number of nitro groups is 2. The van der Waals surface area contributed by atoms with Gasteiger partial charge in [0.05, 0.1) is 9.85 Å². The molecule has 1 radical (unpaired) electrons. The predicted molar refractivity (Wildman–Crippen MR) is 101 cm³/mol. The van der Waals surface area contributed by atoms with Gasteiger partial charge in [-0.05, 0) is 38.0 Å². The first kappa shape index (κ1) is 19.6. The van der Waals surface area contributed by atoms with Crippen molar-refractivity contribution in [1.82, 2.24) is 0 Å². The highest BCUT2D eigenvalue weighted by Crippen LogP contribution is 2.36. The summed E-state index contributed by atoms with van der Waals surface area (Å²) in [5.74, 6) is -0.202. The molecular formula is C20H23N2O4. The quantitative estimate of drug-likeness (QED) is 0.421. The fourth-order valence-electron chi connectivity index (χ4n) is 3.36. The van der Waals surface area contributed by atoms with Crippen LogP contribution in [0, 0.1) is 27.2 Å². The summed E-state index contributed by atoms with van der Waals surface area (Å²) < 4.78 is 0. The molecule has 2 unspecified atom stereocenters. The van der Waals surface area contributed by atoms with Gasteiger partial charge in [0, 0.05) is 23.3 Å². The maximum Gasteiger partial charge on any atom is 0.272 e. The third-order valence-corrected chi connectivity index (χ3v) is 4.65. The van der Waals surface area contributed by atoms with Gasteiger partial charge in [0.2, 0.25) is 0 Å². The van der Waals surface area contributed by atoms with Gasteiger partial charge in [-0.25, -0.2) is 0 Å². The number of benzene rings is 2. The minimum atomic E-state index is -0.390. The standard InChI is InChI=1S/C20H23N2O4/c1-3-8-16(18-10-5-7-12-20(18)22(25)26)14-13-15(2)17-9-4-6-11-19(17)21(23)24/h4-7,9-12,15-16H,2-3,8,13-14H2,1H3. The molecule has 0 fully saturated rings. The Morgan fingerprint density at radius 2 is 1.35 bits per heavy atom. The summed E-state index contributed by atoms with van der Waals surface area (Å²) in [7, 11) is 0. The summed E-state index contributed by atoms with van der Waals surface area (Å²) in [6.45, 7) is 6.14. The molecule has 2 atom stereocenters. The smallest absolute Gasteiger partial charge is 0.258 e. The Labute approximate surface area is 153 Å². The Balaban J connectivity index is 2.20. The topological polar surface area (TPSA) is 86.3 Å². The highest BCUT2D eigenvalue weighted by Gasteiger charge is 2.23. The number of nitrogens with zero attached hydrogens (tertiary/aromatic N) is 2. The van der Waals surface area contributed by atoms with Crippen LogP contribution in [0.25, 0.3) is 0 Å². The van der Waals surface area contributed by atoms with E-state index >= 15 is 0 Å². The molecule has 2 rings (SSSR count). The van der Waals surface area contributed by atoms with Crippen LogP contribution in [0.1, 0.15) is 55.6 Å². The van der Waals surface area contributed by atoms with Crippen LogP contribution in [0.4, 0.5) is 11.4 Å². The van der Waals surface area contributed by atoms with Gasteiger partial charge in [0.15, 0.2) is 0 Å². The van der Waals surface area contributed by atoms with Crippen molar-refractivity contribution < 1.29 is 9.85 Å². The molecule has 2 aromatic rings. The maximum absolute atomic E-state index is 11.3. The average Bonchev–Trinajstić information content (AvgIpc) is 2.64. The molecule has 6 heteroatoms. The van der Waals surface area contributed by atoms with Crippen LogP contribution in [-0.4, -0.2) is 9.85 Å². The Hall–Kier alpha value is -2.76. The van der Waals surface area contributed by atoms with E-state index in [0.717, 1.165) is 18.4 Å². The minimum Gasteiger partial charge on any atom is -0.258 e. The molecule has 0 heterocycles. The van der Waals surface area contributed by atoms with Gasteiger partial charge in [0.1, 0.15) is 0 Å². The van der Waals surface area contributed by atoms with Crippen molar-refractivity contribution in [3.05, 3.63) is 86.8 Å². The first-order valence-corrected chi connectivity index (χ1v) is 8.75. The van der Waals surface area contributed by atoms with E-state index in [2.05, 4.69) is 6.92 Å². The van der Waals surface area contributed by atoms with Crippen LogP contribution in [0.15, 0.2) is 48.5 Å². The van der Waals surface area contributed by atoms with Crippen molar-refractivity contribution >= 4 is 11.4 Å². The normalized spacial score (nSPS) is 13.2. The summed E-state index contributed by atoms with van der Waals surface area (Å²) in [6.07, 6.45) is 3.05. The third kappa shape index (κ3) is 4.65. The van der Waals surface area contributed by atoms with Crippen molar-refractivity contribution in [2.24, 2.45) is 0 Å². The zero-order valence-corrected chi connectivity index (χ0v) is 14.8. The molecule has 0 aliphatic carbocycles. The third-order valence-electron chi connectivity index (χ3n) is 4.65. The number of rotatable bonds is 9. The summed E-state index contributed by atoms with van der Waals surface area (Å²) in [4.78, 5) is 21.8. The Kier molecular flexibility index (Phi) is 6.83. The van der Waals surface area contributed by atoms with Gasteiger partial charge >= 0.3 is 0 Å². The van der Waals surface area contributed by atoms with E-state index < -0.39 is 0 Å². The van der Waals surface area contributed by atoms with Gasteiger partial charge in [-0.3, -0.25) is 20.2 Å². The molecule has 0 aliphatic rings. The van der Waals surface area contributed by atoms with E-state index in [1.54, 1.807) is 24.3 Å². The van der Waals surface area contributed by atoms with E-state index in [9.17, 15) is 20.2 Å². The van der Waals surface area contributed by atoms with Crippen LogP contribution >= 0.6 is 0 Å². The SMILES string of the molecule is [CH2]C(CCC(CCC)c1ccccc1[N+](=O)[O-])c1ccccc1[N+](=O)[O-]. The molecule has 0 bridgehead atoms. The van der Waals surface area contributed by atoms with Gasteiger partial charge < -0.3 is 0 Å². The Morgan fingerprint density at radius 1 is 0.846 bits per heavy atom. The van der Waals surface area contributed by atoms with Crippen molar-refractivity contribution in [3.8, 4) is 0 Å². The lowest BCUT2D eigenvalue weighted by Gasteiger charge is -2.19. The Morgan fingerprint density at radius 3 is 1.88 bits per heavy atom. The fourth-order valence-corrected chi connectivity index (χ4v) is 3.36. The van der Waals surface area contributed by atoms with Gasteiger partial charge in [-0.1, -0.05) is 49.7 Å². The van der Waals surface area contributed by atoms with Crippen LogP contribution in [0.3, 0.4) is 0 Å². The van der Waals surface area contributed by atoms with E-state index in [0.29, 0.717) is 18.4 Å². The highest BCUT2D eigenvalue weighted by molar-refractivity contribution is 5.44. The van der Waals surface area contributed by atoms with Gasteiger partial charge in [-0.15, -0.1) is 0 Å². The van der Waals surface area contributed by atoms with Crippen LogP contribution in [-0.2, 0) is 0 Å². The van der Waals surface area contributed by atoms with E-state index in [1.807, 2.05) is 19.1 Å². The van der Waals surface area contributed by atoms with E-state index in [-0.39, 0.29) is 33.1 Å². The lowest BCUT2D eigenvalue weighted by Crippen LogP contribution is -2.06. The summed E-state index contributed by atoms with van der Waals surface area (Å²) in [6, 6.07) is 13.4. The zero-order valence-electron chi connectivity index (χ0n) is 14.8. The second kappa shape index (κ2) is 9.08. The second-order valence-corrected chi connectivity index (χ2v) is 6.39. The molecule has 0 aromatic heterocycles. The molecule has 0 saturated carbocycles. The molecule has 0 spiro atoms. The second-order valence-electron chi connectivity index (χ2n) is 6.39. The fraction of sp³-hybridized carbons (Fsp3) is 0.350. The number of para-hydroxylation sites is 2. The van der Waals surface area contributed by atoms with Crippen LogP contribution in [0.2, 0.25) is 0 Å². The average molecular weight is 355 g/mol.